The molecule has 3 aromatic rings. The fourth-order valence-corrected chi connectivity index (χ4v) is 3.76. The zero-order valence-electron chi connectivity index (χ0n) is 13.0. The number of hydrogen-bond acceptors (Lipinski definition) is 3. The van der Waals surface area contributed by atoms with Crippen molar-refractivity contribution in [3.8, 4) is 0 Å². The summed E-state index contributed by atoms with van der Waals surface area (Å²) in [6.45, 7) is -0.00554. The third-order valence-corrected chi connectivity index (χ3v) is 5.31. The first-order valence-electron chi connectivity index (χ1n) is 7.33. The molecule has 24 heavy (non-hydrogen) atoms. The minimum atomic E-state index is -0.237. The summed E-state index contributed by atoms with van der Waals surface area (Å²) in [5.74, 6) is -0.391. The van der Waals surface area contributed by atoms with Crippen molar-refractivity contribution in [3.63, 3.8) is 0 Å². The smallest absolute Gasteiger partial charge is 0.264 e. The van der Waals surface area contributed by atoms with Gasteiger partial charge in [-0.25, -0.2) is 0 Å². The summed E-state index contributed by atoms with van der Waals surface area (Å²) in [6, 6.07) is 17.1. The number of halogens is 1. The monoisotopic (exact) mass is 402 g/mol. The Hall–Kier alpha value is -2.18. The average Bonchev–Trinajstić information content (AvgIpc) is 3.00. The lowest BCUT2D eigenvalue weighted by Crippen LogP contribution is -2.34. The average molecular weight is 403 g/mol. The Balaban J connectivity index is 1.67. The Morgan fingerprint density at radius 1 is 1.12 bits per heavy atom. The fourth-order valence-electron chi connectivity index (χ4n) is 2.31. The van der Waals surface area contributed by atoms with E-state index in [0.29, 0.717) is 10.6 Å². The second kappa shape index (κ2) is 7.15. The molecule has 122 valence electrons. The molecule has 0 aliphatic rings. The van der Waals surface area contributed by atoms with Gasteiger partial charge in [0.15, 0.2) is 0 Å². The molecule has 0 radical (unpaired) electrons. The molecule has 0 atom stereocenters. The van der Waals surface area contributed by atoms with Gasteiger partial charge < -0.3 is 10.2 Å². The van der Waals surface area contributed by atoms with E-state index in [9.17, 15) is 9.59 Å². The van der Waals surface area contributed by atoms with Crippen LogP contribution in [-0.2, 0) is 4.79 Å². The van der Waals surface area contributed by atoms with Crippen LogP contribution in [0.25, 0.3) is 10.1 Å². The number of thiophene rings is 1. The summed E-state index contributed by atoms with van der Waals surface area (Å²) in [6.07, 6.45) is 0. The van der Waals surface area contributed by atoms with Gasteiger partial charge in [0, 0.05) is 16.2 Å². The van der Waals surface area contributed by atoms with Gasteiger partial charge in [-0.15, -0.1) is 11.3 Å². The SMILES string of the molecule is CN(CC(=O)Nc1ccccc1Br)C(=O)c1cc2ccccc2s1. The van der Waals surface area contributed by atoms with Crippen LogP contribution in [0, 0.1) is 0 Å². The number of hydrogen-bond donors (Lipinski definition) is 1. The lowest BCUT2D eigenvalue weighted by Gasteiger charge is -2.16. The van der Waals surface area contributed by atoms with Gasteiger partial charge in [0.1, 0.15) is 0 Å². The van der Waals surface area contributed by atoms with Gasteiger partial charge >= 0.3 is 0 Å². The van der Waals surface area contributed by atoms with Crippen LogP contribution in [0.5, 0.6) is 0 Å². The molecule has 1 heterocycles. The van der Waals surface area contributed by atoms with Gasteiger partial charge in [0.25, 0.3) is 5.91 Å². The molecule has 0 fully saturated rings. The minimum Gasteiger partial charge on any atom is -0.332 e. The van der Waals surface area contributed by atoms with E-state index in [2.05, 4.69) is 21.2 Å². The van der Waals surface area contributed by atoms with Gasteiger partial charge in [-0.3, -0.25) is 9.59 Å². The Bertz CT molecular complexity index is 874. The van der Waals surface area contributed by atoms with Crippen LogP contribution in [0.15, 0.2) is 59.1 Å². The summed E-state index contributed by atoms with van der Waals surface area (Å²) in [7, 11) is 1.63. The maximum absolute atomic E-state index is 12.5. The van der Waals surface area contributed by atoms with Gasteiger partial charge in [-0.2, -0.15) is 0 Å². The zero-order chi connectivity index (χ0) is 17.1. The van der Waals surface area contributed by atoms with E-state index in [0.717, 1.165) is 14.6 Å². The predicted molar refractivity (Wildman–Crippen MR) is 102 cm³/mol. The summed E-state index contributed by atoms with van der Waals surface area (Å²) in [5, 5.41) is 3.84. The lowest BCUT2D eigenvalue weighted by atomic mass is 10.2. The minimum absolute atomic E-state index is 0.00554. The highest BCUT2D eigenvalue weighted by atomic mass is 79.9. The molecule has 3 rings (SSSR count). The molecule has 1 aromatic heterocycles. The van der Waals surface area contributed by atoms with Gasteiger partial charge in [-0.05, 0) is 45.6 Å². The fraction of sp³-hybridized carbons (Fsp3) is 0.111. The van der Waals surface area contributed by atoms with Crippen LogP contribution in [0.4, 0.5) is 5.69 Å². The summed E-state index contributed by atoms with van der Waals surface area (Å²) in [4.78, 5) is 26.7. The molecule has 2 amide bonds. The lowest BCUT2D eigenvalue weighted by molar-refractivity contribution is -0.116. The molecule has 0 saturated carbocycles. The van der Waals surface area contributed by atoms with Gasteiger partial charge in [0.2, 0.25) is 5.91 Å². The molecule has 0 spiro atoms. The maximum Gasteiger partial charge on any atom is 0.264 e. The molecule has 1 N–H and O–H groups in total. The van der Waals surface area contributed by atoms with Crippen molar-refractivity contribution >= 4 is 54.9 Å². The number of rotatable bonds is 4. The Morgan fingerprint density at radius 3 is 2.58 bits per heavy atom. The molecule has 0 bridgehead atoms. The molecule has 0 aliphatic carbocycles. The summed E-state index contributed by atoms with van der Waals surface area (Å²) < 4.78 is 1.86. The Morgan fingerprint density at radius 2 is 1.83 bits per heavy atom. The molecule has 0 aliphatic heterocycles. The highest BCUT2D eigenvalue weighted by Crippen LogP contribution is 2.26. The summed E-state index contributed by atoms with van der Waals surface area (Å²) >= 11 is 4.82. The number of carbonyl (C=O) groups is 2. The second-order valence-corrected chi connectivity index (χ2v) is 7.28. The largest absolute Gasteiger partial charge is 0.332 e. The van der Waals surface area contributed by atoms with Crippen molar-refractivity contribution in [1.82, 2.24) is 4.90 Å². The van der Waals surface area contributed by atoms with Crippen molar-refractivity contribution in [2.45, 2.75) is 0 Å². The number of nitrogens with zero attached hydrogens (tertiary/aromatic N) is 1. The first-order valence-corrected chi connectivity index (χ1v) is 8.94. The van der Waals surface area contributed by atoms with Crippen molar-refractivity contribution in [1.29, 1.82) is 0 Å². The number of fused-ring (bicyclic) bond motifs is 1. The molecule has 6 heteroatoms. The van der Waals surface area contributed by atoms with E-state index in [1.165, 1.54) is 16.2 Å². The molecule has 0 unspecified atom stereocenters. The van der Waals surface area contributed by atoms with Crippen LogP contribution < -0.4 is 5.32 Å². The highest BCUT2D eigenvalue weighted by molar-refractivity contribution is 9.10. The number of carbonyl (C=O) groups excluding carboxylic acids is 2. The van der Waals surface area contributed by atoms with Crippen molar-refractivity contribution in [2.75, 3.05) is 18.9 Å². The highest BCUT2D eigenvalue weighted by Gasteiger charge is 2.17. The standard InChI is InChI=1S/C18H15BrN2O2S/c1-21(11-17(22)20-14-8-4-3-7-13(14)19)18(23)16-10-12-6-2-5-9-15(12)24-16/h2-10H,11H2,1H3,(H,20,22). The van der Waals surface area contributed by atoms with Crippen molar-refractivity contribution < 1.29 is 9.59 Å². The van der Waals surface area contributed by atoms with E-state index in [-0.39, 0.29) is 18.4 Å². The second-order valence-electron chi connectivity index (χ2n) is 5.34. The Labute approximate surface area is 152 Å². The Kier molecular flexibility index (Phi) is 4.97. The van der Waals surface area contributed by atoms with Gasteiger partial charge in [0.05, 0.1) is 17.1 Å². The molecule has 0 saturated heterocycles. The van der Waals surface area contributed by atoms with Crippen molar-refractivity contribution in [3.05, 3.63) is 63.9 Å². The third kappa shape index (κ3) is 3.66. The van der Waals surface area contributed by atoms with Crippen molar-refractivity contribution in [2.24, 2.45) is 0 Å². The first-order chi connectivity index (χ1) is 11.5. The normalized spacial score (nSPS) is 10.6. The zero-order valence-corrected chi connectivity index (χ0v) is 15.4. The topological polar surface area (TPSA) is 49.4 Å². The molecule has 4 nitrogen and oxygen atoms in total. The molecular weight excluding hydrogens is 388 g/mol. The number of amides is 2. The predicted octanol–water partition coefficient (Wildman–Crippen LogP) is 4.37. The van der Waals surface area contributed by atoms with Crippen LogP contribution in [0.2, 0.25) is 0 Å². The van der Waals surface area contributed by atoms with Crippen LogP contribution in [-0.4, -0.2) is 30.3 Å². The van der Waals surface area contributed by atoms with E-state index in [1.807, 2.05) is 48.5 Å². The van der Waals surface area contributed by atoms with E-state index >= 15 is 0 Å². The van der Waals surface area contributed by atoms with Gasteiger partial charge in [-0.1, -0.05) is 30.3 Å². The summed E-state index contributed by atoms with van der Waals surface area (Å²) in [5.41, 5.74) is 0.685. The number of benzene rings is 2. The first kappa shape index (κ1) is 16.7. The molecule has 2 aromatic carbocycles. The van der Waals surface area contributed by atoms with Crippen LogP contribution in [0.1, 0.15) is 9.67 Å². The number of anilines is 1. The van der Waals surface area contributed by atoms with Crippen LogP contribution >= 0.6 is 27.3 Å². The maximum atomic E-state index is 12.5. The quantitative estimate of drug-likeness (QED) is 0.703. The van der Waals surface area contributed by atoms with Crippen LogP contribution in [0.3, 0.4) is 0 Å². The molecular formula is C18H15BrN2O2S. The number of likely N-dealkylation sites (N-methyl/N-ethyl adjacent to an activating group) is 1. The van der Waals surface area contributed by atoms with E-state index < -0.39 is 0 Å². The van der Waals surface area contributed by atoms with E-state index in [4.69, 9.17) is 0 Å². The van der Waals surface area contributed by atoms with E-state index in [1.54, 1.807) is 13.1 Å². The number of para-hydroxylation sites is 1. The number of nitrogens with one attached hydrogen (secondary N) is 1. The third-order valence-electron chi connectivity index (χ3n) is 3.51.